The largest absolute Gasteiger partial charge is 0.573 e. The van der Waals surface area contributed by atoms with E-state index in [4.69, 9.17) is 11.6 Å². The molecule has 0 unspecified atom stereocenters. The fraction of sp³-hybridized carbons (Fsp3) is 0.250. The summed E-state index contributed by atoms with van der Waals surface area (Å²) in [5.41, 5.74) is -1.54. The number of hydrogen-bond donors (Lipinski definition) is 1. The molecule has 0 radical (unpaired) electrons. The molecule has 0 atom stereocenters. The zero-order valence-electron chi connectivity index (χ0n) is 7.81. The van der Waals surface area contributed by atoms with Crippen LogP contribution in [-0.2, 0) is 0 Å². The van der Waals surface area contributed by atoms with Crippen LogP contribution in [0.25, 0.3) is 0 Å². The first-order valence-electron chi connectivity index (χ1n) is 3.90. The normalized spacial score (nSPS) is 11.3. The number of aromatic amines is 1. The Hall–Kier alpha value is -1.50. The topological polar surface area (TPSA) is 59.2 Å². The number of aromatic nitrogens is 1. The van der Waals surface area contributed by atoms with Gasteiger partial charge in [0.2, 0.25) is 5.43 Å². The Bertz CT molecular complexity index is 480. The van der Waals surface area contributed by atoms with Gasteiger partial charge in [0, 0.05) is 11.8 Å². The molecular formula is C8H5ClF3NO3. The van der Waals surface area contributed by atoms with Crippen molar-refractivity contribution >= 4 is 16.8 Å². The van der Waals surface area contributed by atoms with Gasteiger partial charge in [0.15, 0.2) is 5.75 Å². The Morgan fingerprint density at radius 2 is 2.06 bits per heavy atom. The molecule has 1 rings (SSSR count). The maximum Gasteiger partial charge on any atom is 0.573 e. The Morgan fingerprint density at radius 3 is 2.50 bits per heavy atom. The maximum atomic E-state index is 11.8. The number of rotatable bonds is 2. The maximum absolute atomic E-state index is 11.8. The first kappa shape index (κ1) is 12.6. The molecule has 0 saturated carbocycles. The van der Waals surface area contributed by atoms with Crippen molar-refractivity contribution in [2.75, 3.05) is 0 Å². The summed E-state index contributed by atoms with van der Waals surface area (Å²) in [7, 11) is 0. The molecule has 0 amide bonds. The molecule has 0 saturated heterocycles. The van der Waals surface area contributed by atoms with Gasteiger partial charge in [0.1, 0.15) is 5.69 Å². The molecule has 1 heterocycles. The third kappa shape index (κ3) is 2.75. The number of pyridine rings is 1. The molecule has 16 heavy (non-hydrogen) atoms. The first-order valence-corrected chi connectivity index (χ1v) is 4.28. The standard InChI is InChI=1S/C8H5ClF3NO3/c1-3-5(7(9)15)13-2-4(6(3)14)16-8(10,11)12/h2H,1H3,(H,13,14). The highest BCUT2D eigenvalue weighted by molar-refractivity contribution is 6.67. The average Bonchev–Trinajstić information content (AvgIpc) is 2.10. The Balaban J connectivity index is 3.23. The Morgan fingerprint density at radius 1 is 1.50 bits per heavy atom. The lowest BCUT2D eigenvalue weighted by Gasteiger charge is -2.09. The van der Waals surface area contributed by atoms with Crippen LogP contribution in [0.15, 0.2) is 11.0 Å². The number of ether oxygens (including phenoxy) is 1. The molecule has 0 aliphatic carbocycles. The predicted molar refractivity (Wildman–Crippen MR) is 48.7 cm³/mol. The summed E-state index contributed by atoms with van der Waals surface area (Å²) in [6, 6.07) is 0. The quantitative estimate of drug-likeness (QED) is 0.822. The number of alkyl halides is 3. The van der Waals surface area contributed by atoms with Gasteiger partial charge in [0.05, 0.1) is 0 Å². The van der Waals surface area contributed by atoms with E-state index in [2.05, 4.69) is 9.72 Å². The number of halogens is 4. The number of carbonyl (C=O) groups excluding carboxylic acids is 1. The van der Waals surface area contributed by atoms with Crippen molar-refractivity contribution < 1.29 is 22.7 Å². The Kier molecular flexibility index (Phi) is 3.27. The van der Waals surface area contributed by atoms with E-state index in [-0.39, 0.29) is 11.3 Å². The number of nitrogens with one attached hydrogen (secondary N) is 1. The van der Waals surface area contributed by atoms with E-state index in [9.17, 15) is 22.8 Å². The van der Waals surface area contributed by atoms with Crippen LogP contribution in [0.5, 0.6) is 5.75 Å². The monoisotopic (exact) mass is 255 g/mol. The van der Waals surface area contributed by atoms with E-state index in [1.54, 1.807) is 0 Å². The van der Waals surface area contributed by atoms with Crippen molar-refractivity contribution in [3.63, 3.8) is 0 Å². The van der Waals surface area contributed by atoms with Crippen LogP contribution < -0.4 is 10.2 Å². The minimum absolute atomic E-state index is 0.234. The molecule has 0 fully saturated rings. The van der Waals surface area contributed by atoms with Gasteiger partial charge in [-0.1, -0.05) is 0 Å². The lowest BCUT2D eigenvalue weighted by Crippen LogP contribution is -2.24. The molecule has 1 N–H and O–H groups in total. The van der Waals surface area contributed by atoms with Crippen LogP contribution in [0, 0.1) is 6.92 Å². The van der Waals surface area contributed by atoms with Gasteiger partial charge in [0.25, 0.3) is 5.24 Å². The minimum Gasteiger partial charge on any atom is -0.400 e. The predicted octanol–water partition coefficient (Wildman–Crippen LogP) is 1.96. The molecule has 0 aliphatic rings. The molecule has 8 heteroatoms. The van der Waals surface area contributed by atoms with Crippen LogP contribution in [0.2, 0.25) is 0 Å². The third-order valence-electron chi connectivity index (χ3n) is 1.71. The molecule has 0 aromatic carbocycles. The van der Waals surface area contributed by atoms with Gasteiger partial charge >= 0.3 is 6.36 Å². The lowest BCUT2D eigenvalue weighted by atomic mass is 10.2. The molecule has 1 aromatic heterocycles. The lowest BCUT2D eigenvalue weighted by molar-refractivity contribution is -0.275. The van der Waals surface area contributed by atoms with E-state index in [1.807, 2.05) is 0 Å². The molecule has 4 nitrogen and oxygen atoms in total. The highest BCUT2D eigenvalue weighted by Gasteiger charge is 2.32. The fourth-order valence-electron chi connectivity index (χ4n) is 1.01. The molecule has 88 valence electrons. The third-order valence-corrected chi connectivity index (χ3v) is 1.90. The van der Waals surface area contributed by atoms with E-state index in [0.29, 0.717) is 6.20 Å². The van der Waals surface area contributed by atoms with Crippen molar-refractivity contribution in [3.8, 4) is 5.75 Å². The van der Waals surface area contributed by atoms with Crippen molar-refractivity contribution in [2.24, 2.45) is 0 Å². The number of H-pyrrole nitrogens is 1. The van der Waals surface area contributed by atoms with Crippen LogP contribution in [0.3, 0.4) is 0 Å². The summed E-state index contributed by atoms with van der Waals surface area (Å²) < 4.78 is 39.0. The molecule has 0 bridgehead atoms. The van der Waals surface area contributed by atoms with Gasteiger partial charge in [-0.05, 0) is 18.5 Å². The number of carbonyl (C=O) groups is 1. The SMILES string of the molecule is Cc1c(C(=O)Cl)[nH]cc(OC(F)(F)F)c1=O. The smallest absolute Gasteiger partial charge is 0.400 e. The molecular weight excluding hydrogens is 251 g/mol. The van der Waals surface area contributed by atoms with Gasteiger partial charge in [-0.15, -0.1) is 13.2 Å². The second-order valence-corrected chi connectivity index (χ2v) is 3.15. The first-order chi connectivity index (χ1) is 7.22. The molecule has 0 spiro atoms. The number of hydrogen-bond acceptors (Lipinski definition) is 3. The summed E-state index contributed by atoms with van der Waals surface area (Å²) >= 11 is 5.09. The van der Waals surface area contributed by atoms with Gasteiger partial charge < -0.3 is 9.72 Å². The highest BCUT2D eigenvalue weighted by Crippen LogP contribution is 2.20. The zero-order chi connectivity index (χ0) is 12.5. The van der Waals surface area contributed by atoms with E-state index >= 15 is 0 Å². The van der Waals surface area contributed by atoms with Crippen molar-refractivity contribution in [1.29, 1.82) is 0 Å². The van der Waals surface area contributed by atoms with Crippen molar-refractivity contribution in [2.45, 2.75) is 13.3 Å². The van der Waals surface area contributed by atoms with E-state index < -0.39 is 22.8 Å². The molecule has 1 aromatic rings. The average molecular weight is 256 g/mol. The minimum atomic E-state index is -4.97. The highest BCUT2D eigenvalue weighted by atomic mass is 35.5. The van der Waals surface area contributed by atoms with Crippen LogP contribution in [0.1, 0.15) is 16.1 Å². The second kappa shape index (κ2) is 4.17. The van der Waals surface area contributed by atoms with Gasteiger partial charge in [-0.2, -0.15) is 0 Å². The van der Waals surface area contributed by atoms with Crippen LogP contribution >= 0.6 is 11.6 Å². The summed E-state index contributed by atoms with van der Waals surface area (Å²) in [4.78, 5) is 24.2. The summed E-state index contributed by atoms with van der Waals surface area (Å²) in [5.74, 6) is -0.938. The zero-order valence-corrected chi connectivity index (χ0v) is 8.57. The Labute approximate surface area is 92.0 Å². The molecule has 0 aliphatic heterocycles. The van der Waals surface area contributed by atoms with Crippen LogP contribution in [0.4, 0.5) is 13.2 Å². The fourth-order valence-corrected chi connectivity index (χ4v) is 1.21. The van der Waals surface area contributed by atoms with Crippen LogP contribution in [-0.4, -0.2) is 16.6 Å². The second-order valence-electron chi connectivity index (χ2n) is 2.80. The summed E-state index contributed by atoms with van der Waals surface area (Å²) in [6.45, 7) is 1.16. The van der Waals surface area contributed by atoms with Crippen molar-refractivity contribution in [1.82, 2.24) is 4.98 Å². The summed E-state index contributed by atoms with van der Waals surface area (Å²) in [6.07, 6.45) is -4.33. The van der Waals surface area contributed by atoms with E-state index in [0.717, 1.165) is 6.92 Å². The van der Waals surface area contributed by atoms with Crippen molar-refractivity contribution in [3.05, 3.63) is 27.7 Å². The summed E-state index contributed by atoms with van der Waals surface area (Å²) in [5, 5.41) is -0.965. The van der Waals surface area contributed by atoms with E-state index in [1.165, 1.54) is 0 Å². The van der Waals surface area contributed by atoms with Gasteiger partial charge in [-0.3, -0.25) is 9.59 Å². The van der Waals surface area contributed by atoms with Gasteiger partial charge in [-0.25, -0.2) is 0 Å².